The molecule has 1 saturated carbocycles. The molecule has 1 fully saturated rings. The molecule has 146 valence electrons. The largest absolute Gasteiger partial charge is 0.362 e. The first-order valence-corrected chi connectivity index (χ1v) is 9.84. The first kappa shape index (κ1) is 20.4. The minimum Gasteiger partial charge on any atom is -0.362 e. The molecular formula is C23H25ClFN3. The summed E-state index contributed by atoms with van der Waals surface area (Å²) in [6, 6.07) is 15.5. The normalized spacial score (nSPS) is 16.9. The molecular weight excluding hydrogens is 373 g/mol. The quantitative estimate of drug-likeness (QED) is 0.620. The van der Waals surface area contributed by atoms with Crippen LogP contribution in [0.3, 0.4) is 0 Å². The lowest BCUT2D eigenvalue weighted by Gasteiger charge is -2.45. The summed E-state index contributed by atoms with van der Waals surface area (Å²) in [6.07, 6.45) is 2.76. The molecule has 2 aromatic carbocycles. The van der Waals surface area contributed by atoms with Gasteiger partial charge in [0.2, 0.25) is 0 Å². The van der Waals surface area contributed by atoms with Gasteiger partial charge in [-0.1, -0.05) is 30.3 Å². The van der Waals surface area contributed by atoms with Crippen LogP contribution in [0.25, 0.3) is 0 Å². The Bertz CT molecular complexity index is 884. The van der Waals surface area contributed by atoms with Crippen LogP contribution in [0.5, 0.6) is 0 Å². The fourth-order valence-corrected chi connectivity index (χ4v) is 4.41. The van der Waals surface area contributed by atoms with Crippen molar-refractivity contribution in [1.82, 2.24) is 4.90 Å². The molecule has 28 heavy (non-hydrogen) atoms. The van der Waals surface area contributed by atoms with E-state index < -0.39 is 11.7 Å². The number of benzene rings is 2. The first-order valence-electron chi connectivity index (χ1n) is 9.46. The van der Waals surface area contributed by atoms with Crippen LogP contribution in [-0.4, -0.2) is 24.7 Å². The van der Waals surface area contributed by atoms with E-state index in [4.69, 9.17) is 11.6 Å². The highest BCUT2D eigenvalue weighted by atomic mass is 35.5. The van der Waals surface area contributed by atoms with Crippen LogP contribution in [-0.2, 0) is 5.54 Å². The van der Waals surface area contributed by atoms with E-state index in [9.17, 15) is 9.65 Å². The number of nitrogens with zero attached hydrogens (tertiary/aromatic N) is 2. The number of rotatable bonds is 8. The van der Waals surface area contributed by atoms with Crippen molar-refractivity contribution >= 4 is 17.3 Å². The highest BCUT2D eigenvalue weighted by molar-refractivity contribution is 6.30. The summed E-state index contributed by atoms with van der Waals surface area (Å²) in [5.74, 6) is 0.327. The van der Waals surface area contributed by atoms with Gasteiger partial charge in [-0.3, -0.25) is 4.90 Å². The lowest BCUT2D eigenvalue weighted by Crippen LogP contribution is -2.49. The Balaban J connectivity index is 2.28. The molecule has 3 rings (SSSR count). The molecule has 0 aromatic heterocycles. The number of nitrogens with one attached hydrogen (secondary N) is 1. The maximum Gasteiger partial charge on any atom is 0.110 e. The monoisotopic (exact) mass is 397 g/mol. The summed E-state index contributed by atoms with van der Waals surface area (Å²) in [4.78, 5) is 2.09. The zero-order valence-corrected chi connectivity index (χ0v) is 17.0. The van der Waals surface area contributed by atoms with Gasteiger partial charge >= 0.3 is 0 Å². The molecule has 2 atom stereocenters. The van der Waals surface area contributed by atoms with Gasteiger partial charge in [0, 0.05) is 22.8 Å². The topological polar surface area (TPSA) is 39.1 Å². The van der Waals surface area contributed by atoms with Crippen molar-refractivity contribution in [2.45, 2.75) is 31.5 Å². The molecule has 0 bridgehead atoms. The Kier molecular flexibility index (Phi) is 6.07. The van der Waals surface area contributed by atoms with Crippen molar-refractivity contribution in [2.75, 3.05) is 18.9 Å². The SMILES string of the molecule is C=CNc1ccc(Cl)cc1[C@@](c1ccc(C#N)cc1)(C1CC1)N(C)CC(C)F. The third-order valence-electron chi connectivity index (χ3n) is 5.40. The molecule has 1 aliphatic carbocycles. The fraction of sp³-hybridized carbons (Fsp3) is 0.348. The van der Waals surface area contributed by atoms with Gasteiger partial charge in [-0.15, -0.1) is 0 Å². The molecule has 2 aromatic rings. The van der Waals surface area contributed by atoms with Crippen molar-refractivity contribution in [3.8, 4) is 6.07 Å². The van der Waals surface area contributed by atoms with E-state index in [0.29, 0.717) is 16.5 Å². The number of hydrogen-bond donors (Lipinski definition) is 1. The van der Waals surface area contributed by atoms with Crippen LogP contribution in [0.4, 0.5) is 10.1 Å². The second-order valence-electron chi connectivity index (χ2n) is 7.43. The van der Waals surface area contributed by atoms with Crippen LogP contribution >= 0.6 is 11.6 Å². The molecule has 0 aliphatic heterocycles. The summed E-state index contributed by atoms with van der Waals surface area (Å²) < 4.78 is 14.1. The van der Waals surface area contributed by atoms with E-state index in [0.717, 1.165) is 29.7 Å². The zero-order chi connectivity index (χ0) is 20.3. The summed E-state index contributed by atoms with van der Waals surface area (Å²) in [7, 11) is 1.96. The summed E-state index contributed by atoms with van der Waals surface area (Å²) in [5, 5.41) is 13.1. The number of hydrogen-bond acceptors (Lipinski definition) is 3. The van der Waals surface area contributed by atoms with Gasteiger partial charge < -0.3 is 5.32 Å². The standard InChI is InChI=1S/C23H25ClFN3/c1-4-27-22-12-11-20(24)13-21(22)23(19-9-10-19,28(3)15-16(2)25)18-7-5-17(14-26)6-8-18/h4-8,11-13,16,19,27H,1,9-10,15H2,2-3H3/t16?,23-/m1/s1. The number of alkyl halides is 1. The van der Waals surface area contributed by atoms with Crippen molar-refractivity contribution in [3.63, 3.8) is 0 Å². The highest BCUT2D eigenvalue weighted by Gasteiger charge is 2.51. The predicted octanol–water partition coefficient (Wildman–Crippen LogP) is 5.71. The van der Waals surface area contributed by atoms with Gasteiger partial charge in [-0.05, 0) is 74.8 Å². The van der Waals surface area contributed by atoms with E-state index in [1.807, 2.05) is 49.5 Å². The van der Waals surface area contributed by atoms with Crippen LogP contribution in [0, 0.1) is 17.2 Å². The van der Waals surface area contributed by atoms with Crippen LogP contribution in [0.1, 0.15) is 36.5 Å². The average Bonchev–Trinajstić information content (AvgIpc) is 3.50. The van der Waals surface area contributed by atoms with E-state index in [-0.39, 0.29) is 6.54 Å². The lowest BCUT2D eigenvalue weighted by atomic mass is 9.76. The molecule has 1 aliphatic rings. The molecule has 0 spiro atoms. The van der Waals surface area contributed by atoms with E-state index in [2.05, 4.69) is 22.9 Å². The Morgan fingerprint density at radius 3 is 2.57 bits per heavy atom. The van der Waals surface area contributed by atoms with Crippen LogP contribution in [0.2, 0.25) is 5.02 Å². The first-order chi connectivity index (χ1) is 13.4. The Morgan fingerprint density at radius 2 is 2.04 bits per heavy atom. The molecule has 0 saturated heterocycles. The third kappa shape index (κ3) is 3.78. The van der Waals surface area contributed by atoms with Gasteiger partial charge in [0.05, 0.1) is 17.2 Å². The summed E-state index contributed by atoms with van der Waals surface area (Å²) in [5.41, 5.74) is 2.98. The second kappa shape index (κ2) is 8.34. The maximum atomic E-state index is 14.1. The van der Waals surface area contributed by atoms with E-state index in [1.54, 1.807) is 13.1 Å². The highest BCUT2D eigenvalue weighted by Crippen LogP contribution is 2.55. The van der Waals surface area contributed by atoms with Crippen LogP contribution < -0.4 is 5.32 Å². The molecule has 3 nitrogen and oxygen atoms in total. The van der Waals surface area contributed by atoms with Gasteiger partial charge in [-0.2, -0.15) is 5.26 Å². The van der Waals surface area contributed by atoms with E-state index >= 15 is 0 Å². The van der Waals surface area contributed by atoms with E-state index in [1.165, 1.54) is 0 Å². The van der Waals surface area contributed by atoms with Crippen molar-refractivity contribution in [2.24, 2.45) is 5.92 Å². The summed E-state index contributed by atoms with van der Waals surface area (Å²) >= 11 is 6.40. The minimum atomic E-state index is -0.975. The average molecular weight is 398 g/mol. The van der Waals surface area contributed by atoms with Gasteiger partial charge in [0.15, 0.2) is 0 Å². The molecule has 0 heterocycles. The van der Waals surface area contributed by atoms with Gasteiger partial charge in [-0.25, -0.2) is 4.39 Å². The van der Waals surface area contributed by atoms with Crippen LogP contribution in [0.15, 0.2) is 55.2 Å². The molecule has 1 unspecified atom stereocenters. The van der Waals surface area contributed by atoms with Crippen molar-refractivity contribution in [3.05, 3.63) is 77.0 Å². The molecule has 0 radical (unpaired) electrons. The lowest BCUT2D eigenvalue weighted by molar-refractivity contribution is 0.103. The molecule has 1 N–H and O–H groups in total. The fourth-order valence-electron chi connectivity index (χ4n) is 4.24. The zero-order valence-electron chi connectivity index (χ0n) is 16.3. The number of nitriles is 1. The molecule has 0 amide bonds. The predicted molar refractivity (Wildman–Crippen MR) is 113 cm³/mol. The second-order valence-corrected chi connectivity index (χ2v) is 7.87. The van der Waals surface area contributed by atoms with Crippen molar-refractivity contribution in [1.29, 1.82) is 5.26 Å². The number of anilines is 1. The maximum absolute atomic E-state index is 14.1. The molecule has 5 heteroatoms. The Hall–Kier alpha value is -2.35. The third-order valence-corrected chi connectivity index (χ3v) is 5.63. The Labute approximate surface area is 171 Å². The van der Waals surface area contributed by atoms with Gasteiger partial charge in [0.1, 0.15) is 6.17 Å². The minimum absolute atomic E-state index is 0.288. The van der Waals surface area contributed by atoms with Crippen molar-refractivity contribution < 1.29 is 4.39 Å². The summed E-state index contributed by atoms with van der Waals surface area (Å²) in [6.45, 7) is 5.66. The number of halogens is 2. The van der Waals surface area contributed by atoms with Gasteiger partial charge in [0.25, 0.3) is 0 Å². The smallest absolute Gasteiger partial charge is 0.110 e. The Morgan fingerprint density at radius 1 is 1.36 bits per heavy atom.